The Labute approximate surface area is 501 Å². The van der Waals surface area contributed by atoms with Crippen LogP contribution < -0.4 is 5.32 Å². The van der Waals surface area contributed by atoms with Crippen LogP contribution in [0, 0.1) is 0 Å². The first-order chi connectivity index (χ1) is 40.8. The average Bonchev–Trinajstić information content (AvgIpc) is 3.69. The quantitative estimate of drug-likeness (QED) is 0.0228. The van der Waals surface area contributed by atoms with Crippen molar-refractivity contribution in [2.75, 3.05) is 26.4 Å². The molecule has 3 fully saturated rings. The standard InChI is InChI=1S/C65H109NO18/c1-3-5-7-9-11-13-15-17-19-21-22-23-24-25-26-27-29-31-33-35-37-39-41-43-53(71)66-48(49(70)42-40-38-36-34-32-30-28-20-18-16-14-12-10-8-6-4-2)47-79-63-59(77)56(74)61(51(45-68)81-63)84-65-60(78)57(75)62(52(46-69)82-65)83-64-58(76)55(73)54(72)50(44-67)80-64/h5,7,11,13,17-20,22-23,25-26,32,34,40,42,48-52,54-65,67-70,72-78H,3-4,6,8-10,12,14-16,21,24,27-31,33,35-39,41,43-47H2,1-2H3,(H,66,71)/b7-5-,13-11-,19-17-,20-18+,23-22-,26-25-,34-32+,42-40+. The van der Waals surface area contributed by atoms with E-state index in [0.29, 0.717) is 12.8 Å². The topological polar surface area (TPSA) is 307 Å². The smallest absolute Gasteiger partial charge is 0.220 e. The monoisotopic (exact) mass is 1190 g/mol. The third-order valence-electron chi connectivity index (χ3n) is 15.1. The van der Waals surface area contributed by atoms with Crippen molar-refractivity contribution in [1.29, 1.82) is 0 Å². The number of rotatable bonds is 45. The van der Waals surface area contributed by atoms with E-state index in [-0.39, 0.29) is 18.9 Å². The van der Waals surface area contributed by atoms with Gasteiger partial charge in [0.1, 0.15) is 73.2 Å². The van der Waals surface area contributed by atoms with Gasteiger partial charge in [0.05, 0.1) is 38.6 Å². The van der Waals surface area contributed by atoms with E-state index in [0.717, 1.165) is 103 Å². The molecule has 84 heavy (non-hydrogen) atoms. The minimum absolute atomic E-state index is 0.213. The van der Waals surface area contributed by atoms with Gasteiger partial charge >= 0.3 is 0 Å². The number of unbranched alkanes of at least 4 members (excludes halogenated alkanes) is 15. The molecule has 3 rings (SSSR count). The van der Waals surface area contributed by atoms with Gasteiger partial charge in [-0.05, 0) is 89.9 Å². The van der Waals surface area contributed by atoms with Gasteiger partial charge < -0.3 is 89.9 Å². The zero-order valence-electron chi connectivity index (χ0n) is 50.3. The number of amides is 1. The van der Waals surface area contributed by atoms with Crippen molar-refractivity contribution in [3.8, 4) is 0 Å². The predicted molar refractivity (Wildman–Crippen MR) is 323 cm³/mol. The number of hydrogen-bond acceptors (Lipinski definition) is 18. The van der Waals surface area contributed by atoms with E-state index in [9.17, 15) is 61.0 Å². The molecule has 3 aliphatic heterocycles. The molecule has 3 saturated heterocycles. The van der Waals surface area contributed by atoms with Crippen LogP contribution in [0.3, 0.4) is 0 Å². The lowest BCUT2D eigenvalue weighted by Gasteiger charge is -2.48. The molecule has 0 spiro atoms. The highest BCUT2D eigenvalue weighted by molar-refractivity contribution is 5.76. The number of carbonyl (C=O) groups is 1. The lowest BCUT2D eigenvalue weighted by atomic mass is 9.96. The molecule has 0 aromatic heterocycles. The lowest BCUT2D eigenvalue weighted by molar-refractivity contribution is -0.379. The lowest BCUT2D eigenvalue weighted by Crippen LogP contribution is -2.66. The van der Waals surface area contributed by atoms with Crippen LogP contribution in [0.4, 0.5) is 0 Å². The molecule has 17 unspecified atom stereocenters. The third-order valence-corrected chi connectivity index (χ3v) is 15.1. The van der Waals surface area contributed by atoms with Gasteiger partial charge in [0.2, 0.25) is 5.91 Å². The summed E-state index contributed by atoms with van der Waals surface area (Å²) in [7, 11) is 0. The zero-order valence-corrected chi connectivity index (χ0v) is 50.3. The molecule has 1 amide bonds. The number of aliphatic hydroxyl groups is 11. The first kappa shape index (κ1) is 75.0. The molecule has 3 aliphatic rings. The van der Waals surface area contributed by atoms with Gasteiger partial charge in [-0.25, -0.2) is 0 Å². The predicted octanol–water partition coefficient (Wildman–Crippen LogP) is 6.54. The van der Waals surface area contributed by atoms with Gasteiger partial charge in [0.15, 0.2) is 18.9 Å². The van der Waals surface area contributed by atoms with E-state index in [1.54, 1.807) is 6.08 Å². The van der Waals surface area contributed by atoms with Crippen molar-refractivity contribution in [3.05, 3.63) is 97.2 Å². The van der Waals surface area contributed by atoms with Crippen LogP contribution >= 0.6 is 0 Å². The molecule has 17 atom stereocenters. The number of hydrogen-bond donors (Lipinski definition) is 12. The Morgan fingerprint density at radius 2 is 0.833 bits per heavy atom. The summed E-state index contributed by atoms with van der Waals surface area (Å²) in [6.45, 7) is 1.54. The van der Waals surface area contributed by atoms with E-state index < -0.39 is 124 Å². The maximum absolute atomic E-state index is 13.4. The minimum Gasteiger partial charge on any atom is -0.394 e. The Morgan fingerprint density at radius 3 is 1.33 bits per heavy atom. The molecule has 19 nitrogen and oxygen atoms in total. The highest BCUT2D eigenvalue weighted by atomic mass is 16.8. The van der Waals surface area contributed by atoms with Gasteiger partial charge in [-0.3, -0.25) is 4.79 Å². The molecule has 0 radical (unpaired) electrons. The third kappa shape index (κ3) is 29.6. The number of carbonyl (C=O) groups excluding carboxylic acids is 1. The van der Waals surface area contributed by atoms with Crippen LogP contribution in [0.5, 0.6) is 0 Å². The minimum atomic E-state index is -1.99. The van der Waals surface area contributed by atoms with Gasteiger partial charge in [-0.2, -0.15) is 0 Å². The van der Waals surface area contributed by atoms with Gasteiger partial charge in [-0.15, -0.1) is 0 Å². The molecule has 482 valence electrons. The molecule has 19 heteroatoms. The SMILES string of the molecule is CC/C=C\C/C=C\C/C=C\C/C=C\C/C=C\CCCCCCCCCC(=O)NC(COC1OC(CO)C(OC2OC(CO)C(OC3OC(CO)C(O)C(O)C3O)C(O)C2O)C(O)C1O)C(O)/C=C/CC/C=C/CC/C=C/CCCCCCCC. The van der Waals surface area contributed by atoms with Crippen molar-refractivity contribution in [2.45, 2.75) is 279 Å². The first-order valence-corrected chi connectivity index (χ1v) is 31.5. The molecule has 3 heterocycles. The van der Waals surface area contributed by atoms with Gasteiger partial charge in [0, 0.05) is 6.42 Å². The van der Waals surface area contributed by atoms with Crippen LogP contribution in [0.2, 0.25) is 0 Å². The largest absolute Gasteiger partial charge is 0.394 e. The second-order valence-corrected chi connectivity index (χ2v) is 22.1. The molecular formula is C65H109NO18. The van der Waals surface area contributed by atoms with Crippen molar-refractivity contribution >= 4 is 5.91 Å². The summed E-state index contributed by atoms with van der Waals surface area (Å²) >= 11 is 0. The van der Waals surface area contributed by atoms with E-state index in [1.165, 1.54) is 38.5 Å². The van der Waals surface area contributed by atoms with Crippen LogP contribution in [0.1, 0.15) is 174 Å². The van der Waals surface area contributed by atoms with Crippen LogP contribution in [-0.2, 0) is 33.2 Å². The van der Waals surface area contributed by atoms with Crippen molar-refractivity contribution in [2.24, 2.45) is 0 Å². The van der Waals surface area contributed by atoms with Crippen LogP contribution in [-0.4, -0.2) is 193 Å². The highest BCUT2D eigenvalue weighted by Crippen LogP contribution is 2.33. The number of nitrogens with one attached hydrogen (secondary N) is 1. The summed E-state index contributed by atoms with van der Waals surface area (Å²) in [5.74, 6) is -0.306. The molecule has 0 aromatic rings. The summed E-state index contributed by atoms with van der Waals surface area (Å²) in [5.41, 5.74) is 0. The summed E-state index contributed by atoms with van der Waals surface area (Å²) in [4.78, 5) is 13.4. The normalized spacial score (nSPS) is 29.8. The van der Waals surface area contributed by atoms with Gasteiger partial charge in [0.25, 0.3) is 0 Å². The second kappa shape index (κ2) is 46.8. The molecule has 0 aliphatic carbocycles. The Morgan fingerprint density at radius 1 is 0.440 bits per heavy atom. The van der Waals surface area contributed by atoms with E-state index in [1.807, 2.05) is 6.08 Å². The fraction of sp³-hybridized carbons (Fsp3) is 0.738. The molecule has 0 aromatic carbocycles. The van der Waals surface area contributed by atoms with Crippen LogP contribution in [0.25, 0.3) is 0 Å². The van der Waals surface area contributed by atoms with Crippen molar-refractivity contribution < 1.29 is 89.4 Å². The first-order valence-electron chi connectivity index (χ1n) is 31.5. The van der Waals surface area contributed by atoms with E-state index in [4.69, 9.17) is 28.4 Å². The summed E-state index contributed by atoms with van der Waals surface area (Å²) < 4.78 is 34.2. The summed E-state index contributed by atoms with van der Waals surface area (Å²) in [6.07, 6.45) is 32.3. The zero-order chi connectivity index (χ0) is 61.2. The fourth-order valence-electron chi connectivity index (χ4n) is 9.95. The average molecular weight is 1190 g/mol. The molecule has 0 bridgehead atoms. The number of ether oxygens (including phenoxy) is 6. The molecule has 12 N–H and O–H groups in total. The highest BCUT2D eigenvalue weighted by Gasteiger charge is 2.53. The maximum Gasteiger partial charge on any atom is 0.220 e. The van der Waals surface area contributed by atoms with Gasteiger partial charge in [-0.1, -0.05) is 175 Å². The van der Waals surface area contributed by atoms with Crippen molar-refractivity contribution in [1.82, 2.24) is 5.32 Å². The van der Waals surface area contributed by atoms with Crippen molar-refractivity contribution in [3.63, 3.8) is 0 Å². The second-order valence-electron chi connectivity index (χ2n) is 22.1. The Balaban J connectivity index is 1.50. The fourth-order valence-corrected chi connectivity index (χ4v) is 9.95. The Bertz CT molecular complexity index is 1910. The summed E-state index contributed by atoms with van der Waals surface area (Å²) in [6, 6.07) is -1.01. The van der Waals surface area contributed by atoms with Crippen LogP contribution in [0.15, 0.2) is 97.2 Å². The number of aliphatic hydroxyl groups excluding tert-OH is 11. The van der Waals surface area contributed by atoms with E-state index >= 15 is 0 Å². The molecular weight excluding hydrogens is 1080 g/mol. The molecule has 0 saturated carbocycles. The Hall–Kier alpha value is -3.29. The number of allylic oxidation sites excluding steroid dienone is 15. The van der Waals surface area contributed by atoms with E-state index in [2.05, 4.69) is 104 Å². The Kier molecular flexibility index (Phi) is 41.8. The maximum atomic E-state index is 13.4. The summed E-state index contributed by atoms with van der Waals surface area (Å²) in [5, 5.41) is 120.